The highest BCUT2D eigenvalue weighted by atomic mass is 32.2. The van der Waals surface area contributed by atoms with Gasteiger partial charge in [0.1, 0.15) is 0 Å². The summed E-state index contributed by atoms with van der Waals surface area (Å²) in [5.41, 5.74) is 1.37. The average Bonchev–Trinajstić information content (AvgIpc) is 2.61. The molecule has 70 valence electrons. The van der Waals surface area contributed by atoms with Gasteiger partial charge in [0.2, 0.25) is 0 Å². The lowest BCUT2D eigenvalue weighted by atomic mass is 10.1. The molecular formula is C12H11NS. The Morgan fingerprint density at radius 1 is 1.14 bits per heavy atom. The van der Waals surface area contributed by atoms with Crippen molar-refractivity contribution in [1.82, 2.24) is 0 Å². The van der Waals surface area contributed by atoms with E-state index in [9.17, 15) is 0 Å². The van der Waals surface area contributed by atoms with E-state index in [1.807, 2.05) is 11.8 Å². The van der Waals surface area contributed by atoms with Crippen LogP contribution in [0.3, 0.4) is 0 Å². The largest absolute Gasteiger partial charge is 0.364 e. The molecule has 2 aromatic rings. The second-order valence-corrected chi connectivity index (χ2v) is 4.56. The molecular weight excluding hydrogens is 190 g/mol. The molecule has 3 rings (SSSR count). The van der Waals surface area contributed by atoms with Gasteiger partial charge in [-0.3, -0.25) is 0 Å². The summed E-state index contributed by atoms with van der Waals surface area (Å²) in [6.07, 6.45) is 0. The topological polar surface area (TPSA) is 3.24 Å². The van der Waals surface area contributed by atoms with Crippen molar-refractivity contribution in [2.24, 2.45) is 0 Å². The van der Waals surface area contributed by atoms with Crippen LogP contribution in [0.4, 0.5) is 5.69 Å². The van der Waals surface area contributed by atoms with Crippen LogP contribution >= 0.6 is 11.8 Å². The molecule has 0 bridgehead atoms. The maximum Gasteiger partial charge on any atom is 0.0683 e. The van der Waals surface area contributed by atoms with E-state index in [0.29, 0.717) is 0 Å². The molecule has 0 saturated carbocycles. The minimum Gasteiger partial charge on any atom is -0.364 e. The Morgan fingerprint density at radius 2 is 2.00 bits per heavy atom. The zero-order chi connectivity index (χ0) is 9.54. The summed E-state index contributed by atoms with van der Waals surface area (Å²) >= 11 is 1.93. The molecule has 0 spiro atoms. The number of benzene rings is 2. The Labute approximate surface area is 87.7 Å². The first-order valence-electron chi connectivity index (χ1n) is 4.72. The second-order valence-electron chi connectivity index (χ2n) is 3.61. The molecule has 2 aromatic carbocycles. The van der Waals surface area contributed by atoms with Gasteiger partial charge in [-0.15, -0.1) is 11.8 Å². The highest BCUT2D eigenvalue weighted by Crippen LogP contribution is 2.42. The Bertz CT molecular complexity index is 493. The third kappa shape index (κ3) is 1.04. The summed E-state index contributed by atoms with van der Waals surface area (Å²) < 4.78 is 0. The van der Waals surface area contributed by atoms with Gasteiger partial charge in [-0.2, -0.15) is 0 Å². The predicted molar refractivity (Wildman–Crippen MR) is 63.1 cm³/mol. The van der Waals surface area contributed by atoms with Gasteiger partial charge in [0.05, 0.1) is 11.6 Å². The fourth-order valence-corrected chi connectivity index (χ4v) is 3.09. The van der Waals surface area contributed by atoms with Gasteiger partial charge in [-0.1, -0.05) is 30.3 Å². The summed E-state index contributed by atoms with van der Waals surface area (Å²) in [5.74, 6) is 1.07. The van der Waals surface area contributed by atoms with E-state index >= 15 is 0 Å². The SMILES string of the molecule is CN1CSc2c1ccc1ccccc21. The Hall–Kier alpha value is -1.15. The van der Waals surface area contributed by atoms with E-state index in [1.54, 1.807) is 0 Å². The quantitative estimate of drug-likeness (QED) is 0.643. The predicted octanol–water partition coefficient (Wildman–Crippen LogP) is 3.34. The number of anilines is 1. The van der Waals surface area contributed by atoms with Crippen LogP contribution in [0.15, 0.2) is 41.3 Å². The zero-order valence-corrected chi connectivity index (χ0v) is 8.84. The molecule has 0 atom stereocenters. The monoisotopic (exact) mass is 201 g/mol. The molecule has 2 heteroatoms. The van der Waals surface area contributed by atoms with Crippen molar-refractivity contribution in [2.75, 3.05) is 17.8 Å². The van der Waals surface area contributed by atoms with Crippen LogP contribution in [0.2, 0.25) is 0 Å². The highest BCUT2D eigenvalue weighted by molar-refractivity contribution is 8.00. The number of fused-ring (bicyclic) bond motifs is 3. The number of rotatable bonds is 0. The van der Waals surface area contributed by atoms with Crippen LogP contribution in [0.5, 0.6) is 0 Å². The van der Waals surface area contributed by atoms with Crippen molar-refractivity contribution in [3.8, 4) is 0 Å². The zero-order valence-electron chi connectivity index (χ0n) is 8.03. The molecule has 1 aliphatic heterocycles. The van der Waals surface area contributed by atoms with Crippen LogP contribution in [0, 0.1) is 0 Å². The third-order valence-corrected chi connectivity index (χ3v) is 3.91. The van der Waals surface area contributed by atoms with Crippen molar-refractivity contribution >= 4 is 28.2 Å². The number of thioether (sulfide) groups is 1. The molecule has 0 saturated heterocycles. The van der Waals surface area contributed by atoms with Crippen molar-refractivity contribution in [3.63, 3.8) is 0 Å². The Morgan fingerprint density at radius 3 is 2.93 bits per heavy atom. The summed E-state index contributed by atoms with van der Waals surface area (Å²) in [5, 5.41) is 2.73. The van der Waals surface area contributed by atoms with E-state index < -0.39 is 0 Å². The maximum atomic E-state index is 2.30. The molecule has 0 unspecified atom stereocenters. The number of hydrogen-bond acceptors (Lipinski definition) is 2. The fraction of sp³-hybridized carbons (Fsp3) is 0.167. The third-order valence-electron chi connectivity index (χ3n) is 2.67. The van der Waals surface area contributed by atoms with E-state index in [2.05, 4.69) is 48.3 Å². The van der Waals surface area contributed by atoms with Crippen LogP contribution in [-0.2, 0) is 0 Å². The van der Waals surface area contributed by atoms with Gasteiger partial charge < -0.3 is 4.90 Å². The lowest BCUT2D eigenvalue weighted by Gasteiger charge is -2.10. The standard InChI is InChI=1S/C12H11NS/c1-13-8-14-12-10-5-3-2-4-9(10)6-7-11(12)13/h2-7H,8H2,1H3. The van der Waals surface area contributed by atoms with E-state index in [4.69, 9.17) is 0 Å². The van der Waals surface area contributed by atoms with E-state index in [0.717, 1.165) is 5.88 Å². The van der Waals surface area contributed by atoms with Crippen molar-refractivity contribution in [2.45, 2.75) is 4.90 Å². The summed E-state index contributed by atoms with van der Waals surface area (Å²) in [4.78, 5) is 3.73. The molecule has 0 radical (unpaired) electrons. The number of nitrogens with zero attached hydrogens (tertiary/aromatic N) is 1. The van der Waals surface area contributed by atoms with Gasteiger partial charge >= 0.3 is 0 Å². The molecule has 0 aliphatic carbocycles. The molecule has 1 heterocycles. The Kier molecular flexibility index (Phi) is 1.71. The minimum absolute atomic E-state index is 1.07. The first-order valence-corrected chi connectivity index (χ1v) is 5.70. The van der Waals surface area contributed by atoms with Gasteiger partial charge in [-0.05, 0) is 16.8 Å². The number of hydrogen-bond donors (Lipinski definition) is 0. The highest BCUT2D eigenvalue weighted by Gasteiger charge is 2.17. The molecule has 1 nitrogen and oxygen atoms in total. The molecule has 0 aromatic heterocycles. The molecule has 14 heavy (non-hydrogen) atoms. The van der Waals surface area contributed by atoms with Crippen LogP contribution in [0.1, 0.15) is 0 Å². The van der Waals surface area contributed by atoms with E-state index in [-0.39, 0.29) is 0 Å². The van der Waals surface area contributed by atoms with E-state index in [1.165, 1.54) is 21.4 Å². The molecule has 1 aliphatic rings. The molecule has 0 amide bonds. The van der Waals surface area contributed by atoms with Crippen LogP contribution < -0.4 is 4.90 Å². The summed E-state index contributed by atoms with van der Waals surface area (Å²) in [6.45, 7) is 0. The molecule has 0 fully saturated rings. The smallest absolute Gasteiger partial charge is 0.0683 e. The second kappa shape index (κ2) is 2.92. The van der Waals surface area contributed by atoms with Gasteiger partial charge in [-0.25, -0.2) is 0 Å². The fourth-order valence-electron chi connectivity index (χ4n) is 1.91. The summed E-state index contributed by atoms with van der Waals surface area (Å²) in [6, 6.07) is 13.0. The van der Waals surface area contributed by atoms with Gasteiger partial charge in [0.25, 0.3) is 0 Å². The first kappa shape index (κ1) is 8.18. The van der Waals surface area contributed by atoms with Crippen molar-refractivity contribution in [3.05, 3.63) is 36.4 Å². The maximum absolute atomic E-state index is 2.30. The van der Waals surface area contributed by atoms with Crippen molar-refractivity contribution < 1.29 is 0 Å². The normalized spacial score (nSPS) is 14.8. The lowest BCUT2D eigenvalue weighted by Crippen LogP contribution is -2.10. The minimum atomic E-state index is 1.07. The van der Waals surface area contributed by atoms with Crippen LogP contribution in [0.25, 0.3) is 10.8 Å². The van der Waals surface area contributed by atoms with Gasteiger partial charge in [0.15, 0.2) is 0 Å². The lowest BCUT2D eigenvalue weighted by molar-refractivity contribution is 1.11. The van der Waals surface area contributed by atoms with Gasteiger partial charge in [0, 0.05) is 11.9 Å². The average molecular weight is 201 g/mol. The van der Waals surface area contributed by atoms with Crippen LogP contribution in [-0.4, -0.2) is 12.9 Å². The first-order chi connectivity index (χ1) is 6.86. The van der Waals surface area contributed by atoms with Crippen molar-refractivity contribution in [1.29, 1.82) is 0 Å². The molecule has 0 N–H and O–H groups in total. The Balaban J connectivity index is 2.38. The summed E-state index contributed by atoms with van der Waals surface area (Å²) in [7, 11) is 2.15.